The predicted molar refractivity (Wildman–Crippen MR) is 101 cm³/mol. The maximum absolute atomic E-state index is 12.9. The maximum Gasteiger partial charge on any atom is 0.267 e. The molecule has 9 heteroatoms. The first kappa shape index (κ1) is 17.5. The molecule has 8 nitrogen and oxygen atoms in total. The first-order valence-electron chi connectivity index (χ1n) is 8.52. The average molecular weight is 385 g/mol. The third kappa shape index (κ3) is 3.26. The lowest BCUT2D eigenvalue weighted by atomic mass is 10.1. The van der Waals surface area contributed by atoms with Crippen molar-refractivity contribution in [1.29, 1.82) is 0 Å². The molecule has 4 rings (SSSR count). The van der Waals surface area contributed by atoms with E-state index in [-0.39, 0.29) is 16.4 Å². The molecule has 0 spiro atoms. The number of aromatic amines is 1. The average Bonchev–Trinajstić information content (AvgIpc) is 3.12. The SMILES string of the molecule is Nc1nc2c(c(=O)[nH]1)CN(Cc1cccn1S(=O)(=O)c1ccccc1)CC2. The highest BCUT2D eigenvalue weighted by Gasteiger charge is 2.24. The number of hydrogen-bond acceptors (Lipinski definition) is 6. The van der Waals surface area contributed by atoms with E-state index in [2.05, 4.69) is 9.97 Å². The summed E-state index contributed by atoms with van der Waals surface area (Å²) in [5.41, 5.74) is 7.29. The molecule has 0 aliphatic carbocycles. The fraction of sp³-hybridized carbons (Fsp3) is 0.222. The van der Waals surface area contributed by atoms with Crippen molar-refractivity contribution in [3.8, 4) is 0 Å². The van der Waals surface area contributed by atoms with E-state index in [9.17, 15) is 13.2 Å². The second-order valence-corrected chi connectivity index (χ2v) is 8.27. The second-order valence-electron chi connectivity index (χ2n) is 6.45. The van der Waals surface area contributed by atoms with Gasteiger partial charge in [0.15, 0.2) is 0 Å². The molecule has 0 saturated carbocycles. The number of anilines is 1. The maximum atomic E-state index is 12.9. The monoisotopic (exact) mass is 385 g/mol. The van der Waals surface area contributed by atoms with Gasteiger partial charge >= 0.3 is 0 Å². The molecule has 0 bridgehead atoms. The van der Waals surface area contributed by atoms with Crippen molar-refractivity contribution in [2.24, 2.45) is 0 Å². The molecule has 140 valence electrons. The Kier molecular flexibility index (Phi) is 4.33. The molecule has 2 aromatic heterocycles. The molecule has 0 unspecified atom stereocenters. The Hall–Kier alpha value is -2.91. The van der Waals surface area contributed by atoms with Gasteiger partial charge in [-0.2, -0.15) is 0 Å². The van der Waals surface area contributed by atoms with Gasteiger partial charge in [-0.05, 0) is 24.3 Å². The fourth-order valence-electron chi connectivity index (χ4n) is 3.33. The number of fused-ring (bicyclic) bond motifs is 1. The molecular weight excluding hydrogens is 366 g/mol. The van der Waals surface area contributed by atoms with Gasteiger partial charge in [-0.15, -0.1) is 0 Å². The first-order chi connectivity index (χ1) is 12.9. The van der Waals surface area contributed by atoms with Gasteiger partial charge in [-0.25, -0.2) is 17.4 Å². The second kappa shape index (κ2) is 6.67. The largest absolute Gasteiger partial charge is 0.369 e. The zero-order valence-corrected chi connectivity index (χ0v) is 15.3. The summed E-state index contributed by atoms with van der Waals surface area (Å²) < 4.78 is 27.1. The third-order valence-electron chi connectivity index (χ3n) is 4.64. The molecule has 1 aliphatic heterocycles. The van der Waals surface area contributed by atoms with Crippen molar-refractivity contribution >= 4 is 16.0 Å². The number of hydrogen-bond donors (Lipinski definition) is 2. The van der Waals surface area contributed by atoms with Gasteiger partial charge < -0.3 is 5.73 Å². The van der Waals surface area contributed by atoms with Crippen LogP contribution in [0, 0.1) is 0 Å². The lowest BCUT2D eigenvalue weighted by Gasteiger charge is -2.27. The van der Waals surface area contributed by atoms with E-state index >= 15 is 0 Å². The van der Waals surface area contributed by atoms with Crippen molar-refractivity contribution in [2.45, 2.75) is 24.4 Å². The molecule has 1 aliphatic rings. The minimum Gasteiger partial charge on any atom is -0.369 e. The number of aromatic nitrogens is 3. The number of H-pyrrole nitrogens is 1. The lowest BCUT2D eigenvalue weighted by Crippen LogP contribution is -2.36. The zero-order chi connectivity index (χ0) is 19.0. The number of nitrogen functional groups attached to an aromatic ring is 1. The summed E-state index contributed by atoms with van der Waals surface area (Å²) in [7, 11) is -3.66. The van der Waals surface area contributed by atoms with Gasteiger partial charge in [0.25, 0.3) is 15.6 Å². The van der Waals surface area contributed by atoms with E-state index < -0.39 is 10.0 Å². The van der Waals surface area contributed by atoms with Gasteiger partial charge in [0, 0.05) is 37.9 Å². The molecule has 0 atom stereocenters. The molecule has 0 radical (unpaired) electrons. The van der Waals surface area contributed by atoms with E-state index in [4.69, 9.17) is 5.73 Å². The van der Waals surface area contributed by atoms with Crippen LogP contribution < -0.4 is 11.3 Å². The van der Waals surface area contributed by atoms with Crippen LogP contribution in [0.5, 0.6) is 0 Å². The van der Waals surface area contributed by atoms with Gasteiger partial charge in [0.2, 0.25) is 5.95 Å². The Morgan fingerprint density at radius 1 is 1.15 bits per heavy atom. The highest BCUT2D eigenvalue weighted by molar-refractivity contribution is 7.90. The normalized spacial score (nSPS) is 14.8. The molecule has 0 saturated heterocycles. The van der Waals surface area contributed by atoms with Crippen molar-refractivity contribution in [3.05, 3.63) is 76.0 Å². The smallest absolute Gasteiger partial charge is 0.267 e. The van der Waals surface area contributed by atoms with E-state index in [1.807, 2.05) is 4.90 Å². The number of rotatable bonds is 4. The number of benzene rings is 1. The van der Waals surface area contributed by atoms with E-state index in [1.165, 1.54) is 3.97 Å². The van der Waals surface area contributed by atoms with E-state index in [0.717, 1.165) is 0 Å². The molecule has 1 aromatic carbocycles. The standard InChI is InChI=1S/C18H19N5O3S/c19-18-20-16-8-10-22(12-15(16)17(24)21-18)11-13-5-4-9-23(13)27(25,26)14-6-2-1-3-7-14/h1-7,9H,8,10-12H2,(H3,19,20,21,24). The number of nitrogens with zero attached hydrogens (tertiary/aromatic N) is 3. The Balaban J connectivity index is 1.61. The zero-order valence-electron chi connectivity index (χ0n) is 14.5. The third-order valence-corrected chi connectivity index (χ3v) is 6.39. The Bertz CT molecular complexity index is 1140. The van der Waals surface area contributed by atoms with Crippen LogP contribution in [-0.4, -0.2) is 33.8 Å². The summed E-state index contributed by atoms with van der Waals surface area (Å²) in [6.45, 7) is 1.47. The summed E-state index contributed by atoms with van der Waals surface area (Å²) in [6, 6.07) is 11.8. The van der Waals surface area contributed by atoms with E-state index in [1.54, 1.807) is 48.7 Å². The van der Waals surface area contributed by atoms with Crippen LogP contribution in [0.15, 0.2) is 58.4 Å². The molecule has 3 N–H and O–H groups in total. The van der Waals surface area contributed by atoms with Crippen LogP contribution >= 0.6 is 0 Å². The first-order valence-corrected chi connectivity index (χ1v) is 9.96. The Morgan fingerprint density at radius 2 is 1.93 bits per heavy atom. The molecule has 0 amide bonds. The van der Waals surface area contributed by atoms with Crippen LogP contribution in [0.1, 0.15) is 17.0 Å². The van der Waals surface area contributed by atoms with Crippen molar-refractivity contribution in [2.75, 3.05) is 12.3 Å². The van der Waals surface area contributed by atoms with Crippen LogP contribution in [0.4, 0.5) is 5.95 Å². The lowest BCUT2D eigenvalue weighted by molar-refractivity contribution is 0.238. The quantitative estimate of drug-likeness (QED) is 0.691. The highest BCUT2D eigenvalue weighted by Crippen LogP contribution is 2.20. The van der Waals surface area contributed by atoms with Gasteiger partial charge in [0.05, 0.1) is 16.2 Å². The summed E-state index contributed by atoms with van der Waals surface area (Å²) in [4.78, 5) is 21.1. The molecular formula is C18H19N5O3S. The number of nitrogens with two attached hydrogens (primary N) is 1. The van der Waals surface area contributed by atoms with Crippen LogP contribution in [-0.2, 0) is 29.5 Å². The minimum absolute atomic E-state index is 0.120. The van der Waals surface area contributed by atoms with Crippen molar-refractivity contribution < 1.29 is 8.42 Å². The summed E-state index contributed by atoms with van der Waals surface area (Å²) in [5.74, 6) is 0.120. The van der Waals surface area contributed by atoms with Crippen molar-refractivity contribution in [3.63, 3.8) is 0 Å². The van der Waals surface area contributed by atoms with Crippen molar-refractivity contribution in [1.82, 2.24) is 18.8 Å². The minimum atomic E-state index is -3.66. The fourth-order valence-corrected chi connectivity index (χ4v) is 4.71. The molecule has 27 heavy (non-hydrogen) atoms. The summed E-state index contributed by atoms with van der Waals surface area (Å²) >= 11 is 0. The topological polar surface area (TPSA) is 114 Å². The molecule has 3 heterocycles. The summed E-state index contributed by atoms with van der Waals surface area (Å²) in [5, 5.41) is 0. The van der Waals surface area contributed by atoms with Crippen LogP contribution in [0.3, 0.4) is 0 Å². The highest BCUT2D eigenvalue weighted by atomic mass is 32.2. The molecule has 3 aromatic rings. The summed E-state index contributed by atoms with van der Waals surface area (Å²) in [6.07, 6.45) is 2.14. The van der Waals surface area contributed by atoms with Gasteiger partial charge in [-0.1, -0.05) is 18.2 Å². The molecule has 0 fully saturated rings. The predicted octanol–water partition coefficient (Wildman–Crippen LogP) is 0.949. The Morgan fingerprint density at radius 3 is 2.70 bits per heavy atom. The van der Waals surface area contributed by atoms with E-state index in [0.29, 0.717) is 43.0 Å². The van der Waals surface area contributed by atoms with Gasteiger partial charge in [-0.3, -0.25) is 14.7 Å². The van der Waals surface area contributed by atoms with Crippen LogP contribution in [0.2, 0.25) is 0 Å². The van der Waals surface area contributed by atoms with Crippen LogP contribution in [0.25, 0.3) is 0 Å². The number of nitrogens with one attached hydrogen (secondary N) is 1. The van der Waals surface area contributed by atoms with Gasteiger partial charge in [0.1, 0.15) is 0 Å². The Labute approximate surface area is 156 Å².